The van der Waals surface area contributed by atoms with Gasteiger partial charge < -0.3 is 19.7 Å². The summed E-state index contributed by atoms with van der Waals surface area (Å²) in [5, 5.41) is 5.69. The van der Waals surface area contributed by atoms with Crippen LogP contribution in [0.1, 0.15) is 46.5 Å². The molecule has 1 N–H and O–H groups in total. The van der Waals surface area contributed by atoms with Crippen molar-refractivity contribution in [3.63, 3.8) is 0 Å². The third-order valence-electron chi connectivity index (χ3n) is 5.91. The fourth-order valence-corrected chi connectivity index (χ4v) is 5.61. The van der Waals surface area contributed by atoms with E-state index in [0.29, 0.717) is 13.2 Å². The minimum Gasteiger partial charge on any atom is -0.486 e. The third-order valence-corrected chi connectivity index (χ3v) is 7.00. The van der Waals surface area contributed by atoms with Crippen LogP contribution in [0.2, 0.25) is 0 Å². The molecule has 1 saturated heterocycles. The molecule has 5 nitrogen and oxygen atoms in total. The van der Waals surface area contributed by atoms with Crippen LogP contribution in [0.5, 0.6) is 11.5 Å². The van der Waals surface area contributed by atoms with Crippen LogP contribution >= 0.6 is 11.3 Å². The van der Waals surface area contributed by atoms with Crippen molar-refractivity contribution in [2.75, 3.05) is 31.6 Å². The Labute approximate surface area is 169 Å². The number of anilines is 1. The quantitative estimate of drug-likeness (QED) is 0.845. The maximum absolute atomic E-state index is 13.2. The highest BCUT2D eigenvalue weighted by Gasteiger charge is 2.28. The average Bonchev–Trinajstić information content (AvgIpc) is 3.17. The Kier molecular flexibility index (Phi) is 4.89. The van der Waals surface area contributed by atoms with Gasteiger partial charge in [0.05, 0.1) is 5.56 Å². The smallest absolute Gasteiger partial charge is 0.255 e. The van der Waals surface area contributed by atoms with E-state index in [1.807, 2.05) is 23.1 Å². The van der Waals surface area contributed by atoms with Crippen LogP contribution in [-0.4, -0.2) is 43.2 Å². The fourth-order valence-electron chi connectivity index (χ4n) is 4.49. The largest absolute Gasteiger partial charge is 0.486 e. The molecule has 2 aromatic rings. The number of amides is 1. The highest BCUT2D eigenvalue weighted by molar-refractivity contribution is 7.10. The Morgan fingerprint density at radius 2 is 1.96 bits per heavy atom. The maximum atomic E-state index is 13.2. The summed E-state index contributed by atoms with van der Waals surface area (Å²) in [6, 6.07) is 6.25. The number of aryl methyl sites for hydroxylation is 1. The lowest BCUT2D eigenvalue weighted by atomic mass is 9.95. The van der Waals surface area contributed by atoms with E-state index in [9.17, 15) is 4.79 Å². The zero-order valence-corrected chi connectivity index (χ0v) is 16.9. The second-order valence-electron chi connectivity index (χ2n) is 7.85. The number of thiophene rings is 1. The first-order valence-electron chi connectivity index (χ1n) is 10.3. The second kappa shape index (κ2) is 7.66. The van der Waals surface area contributed by atoms with Gasteiger partial charge in [-0.25, -0.2) is 0 Å². The first-order chi connectivity index (χ1) is 13.8. The zero-order chi connectivity index (χ0) is 18.9. The SMILES string of the molecule is O=C(c1csc2c1CCCC2)N1CCC[C@@H](Nc2ccc3c(c2)OCCO3)C1. The molecule has 1 amide bonds. The molecule has 0 spiro atoms. The Morgan fingerprint density at radius 1 is 1.11 bits per heavy atom. The number of hydrogen-bond donors (Lipinski definition) is 1. The van der Waals surface area contributed by atoms with Gasteiger partial charge in [0, 0.05) is 41.1 Å². The van der Waals surface area contributed by atoms with E-state index in [-0.39, 0.29) is 11.9 Å². The number of carbonyl (C=O) groups excluding carboxylic acids is 1. The Balaban J connectivity index is 1.27. The number of nitrogens with zero attached hydrogens (tertiary/aromatic N) is 1. The molecule has 3 heterocycles. The molecule has 1 atom stereocenters. The van der Waals surface area contributed by atoms with Gasteiger partial charge in [0.25, 0.3) is 5.91 Å². The van der Waals surface area contributed by atoms with Crippen molar-refractivity contribution >= 4 is 22.9 Å². The molecule has 3 aliphatic rings. The molecule has 28 heavy (non-hydrogen) atoms. The highest BCUT2D eigenvalue weighted by atomic mass is 32.1. The average molecular weight is 399 g/mol. The van der Waals surface area contributed by atoms with Gasteiger partial charge in [0.1, 0.15) is 13.2 Å². The number of ether oxygens (including phenoxy) is 2. The summed E-state index contributed by atoms with van der Waals surface area (Å²) in [5.41, 5.74) is 3.30. The van der Waals surface area contributed by atoms with E-state index in [2.05, 4.69) is 10.7 Å². The number of benzene rings is 1. The molecule has 5 rings (SSSR count). The molecule has 0 radical (unpaired) electrons. The number of hydrogen-bond acceptors (Lipinski definition) is 5. The monoisotopic (exact) mass is 398 g/mol. The van der Waals surface area contributed by atoms with Crippen molar-refractivity contribution in [2.24, 2.45) is 0 Å². The summed E-state index contributed by atoms with van der Waals surface area (Å²) < 4.78 is 11.3. The Morgan fingerprint density at radius 3 is 2.89 bits per heavy atom. The van der Waals surface area contributed by atoms with Crippen molar-refractivity contribution in [2.45, 2.75) is 44.6 Å². The topological polar surface area (TPSA) is 50.8 Å². The number of rotatable bonds is 3. The van der Waals surface area contributed by atoms with E-state index in [1.165, 1.54) is 23.3 Å². The van der Waals surface area contributed by atoms with Crippen LogP contribution in [0.25, 0.3) is 0 Å². The first kappa shape index (κ1) is 17.9. The fraction of sp³-hybridized carbons (Fsp3) is 0.500. The predicted molar refractivity (Wildman–Crippen MR) is 111 cm³/mol. The second-order valence-corrected chi connectivity index (χ2v) is 8.82. The van der Waals surface area contributed by atoms with E-state index in [4.69, 9.17) is 9.47 Å². The van der Waals surface area contributed by atoms with Crippen LogP contribution in [-0.2, 0) is 12.8 Å². The lowest BCUT2D eigenvalue weighted by Gasteiger charge is -2.34. The van der Waals surface area contributed by atoms with E-state index in [0.717, 1.165) is 61.5 Å². The first-order valence-corrected chi connectivity index (χ1v) is 11.2. The summed E-state index contributed by atoms with van der Waals surface area (Å²) in [5.74, 6) is 1.82. The number of likely N-dealkylation sites (tertiary alicyclic amines) is 1. The van der Waals surface area contributed by atoms with Crippen LogP contribution < -0.4 is 14.8 Å². The number of fused-ring (bicyclic) bond motifs is 2. The lowest BCUT2D eigenvalue weighted by Crippen LogP contribution is -2.45. The van der Waals surface area contributed by atoms with Crippen molar-refractivity contribution in [3.05, 3.63) is 39.6 Å². The molecule has 1 aromatic heterocycles. The molecular formula is C22H26N2O3S. The van der Waals surface area contributed by atoms with Crippen molar-refractivity contribution in [1.82, 2.24) is 4.90 Å². The molecule has 1 aliphatic carbocycles. The Hall–Kier alpha value is -2.21. The third kappa shape index (κ3) is 3.46. The van der Waals surface area contributed by atoms with Gasteiger partial charge in [0.15, 0.2) is 11.5 Å². The lowest BCUT2D eigenvalue weighted by molar-refractivity contribution is 0.0714. The van der Waals surface area contributed by atoms with E-state index < -0.39 is 0 Å². The summed E-state index contributed by atoms with van der Waals surface area (Å²) in [6.07, 6.45) is 6.76. The highest BCUT2D eigenvalue weighted by Crippen LogP contribution is 2.34. The molecule has 2 aliphatic heterocycles. The van der Waals surface area contributed by atoms with Gasteiger partial charge >= 0.3 is 0 Å². The summed E-state index contributed by atoms with van der Waals surface area (Å²) in [4.78, 5) is 16.7. The number of piperidine rings is 1. The molecule has 148 valence electrons. The molecule has 0 bridgehead atoms. The minimum atomic E-state index is 0.216. The predicted octanol–water partition coefficient (Wildman–Crippen LogP) is 4.11. The van der Waals surface area contributed by atoms with Gasteiger partial charge in [-0.3, -0.25) is 4.79 Å². The van der Waals surface area contributed by atoms with Crippen LogP contribution in [0.4, 0.5) is 5.69 Å². The summed E-state index contributed by atoms with van der Waals surface area (Å²) in [7, 11) is 0. The van der Waals surface area contributed by atoms with E-state index >= 15 is 0 Å². The number of carbonyl (C=O) groups is 1. The molecule has 1 aromatic carbocycles. The van der Waals surface area contributed by atoms with Crippen LogP contribution in [0.15, 0.2) is 23.6 Å². The summed E-state index contributed by atoms with van der Waals surface area (Å²) >= 11 is 1.77. The van der Waals surface area contributed by atoms with Crippen molar-refractivity contribution in [3.8, 4) is 11.5 Å². The van der Waals surface area contributed by atoms with Crippen molar-refractivity contribution < 1.29 is 14.3 Å². The van der Waals surface area contributed by atoms with Gasteiger partial charge in [-0.1, -0.05) is 0 Å². The maximum Gasteiger partial charge on any atom is 0.255 e. The number of nitrogens with one attached hydrogen (secondary N) is 1. The minimum absolute atomic E-state index is 0.216. The molecule has 1 fully saturated rings. The molecular weight excluding hydrogens is 372 g/mol. The molecule has 6 heteroatoms. The van der Waals surface area contributed by atoms with Crippen LogP contribution in [0, 0.1) is 0 Å². The standard InChI is InChI=1S/C22H26N2O3S/c25-22(18-14-28-21-6-2-1-5-17(18)21)24-9-3-4-16(13-24)23-15-7-8-19-20(12-15)27-11-10-26-19/h7-8,12,14,16,23H,1-6,9-11,13H2/t16-/m1/s1. The normalized spacial score (nSPS) is 21.1. The van der Waals surface area contributed by atoms with Gasteiger partial charge in [0.2, 0.25) is 0 Å². The van der Waals surface area contributed by atoms with Gasteiger partial charge in [-0.05, 0) is 56.2 Å². The van der Waals surface area contributed by atoms with Crippen molar-refractivity contribution in [1.29, 1.82) is 0 Å². The van der Waals surface area contributed by atoms with Gasteiger partial charge in [-0.15, -0.1) is 11.3 Å². The van der Waals surface area contributed by atoms with Gasteiger partial charge in [-0.2, -0.15) is 0 Å². The van der Waals surface area contributed by atoms with Crippen LogP contribution in [0.3, 0.4) is 0 Å². The Bertz CT molecular complexity index is 879. The van der Waals surface area contributed by atoms with E-state index in [1.54, 1.807) is 11.3 Å². The summed E-state index contributed by atoms with van der Waals surface area (Å²) in [6.45, 7) is 2.79. The molecule has 0 saturated carbocycles. The molecule has 0 unspecified atom stereocenters. The zero-order valence-electron chi connectivity index (χ0n) is 16.0.